The van der Waals surface area contributed by atoms with Gasteiger partial charge in [-0.1, -0.05) is 18.2 Å². The number of halogens is 1. The molecule has 0 radical (unpaired) electrons. The standard InChI is InChI=1S/C27H28FN3O4/c1-16-11-23(31-18-12-24(33-2)26(35-4)25(13-18)34-3)20(14-21(16)28)27(32)29-10-9-17-15-30-22-8-6-5-7-19(17)22/h5-8,11-15,30-31H,9-10H2,1-4H3,(H,29,32). The Morgan fingerprint density at radius 2 is 1.71 bits per heavy atom. The molecule has 8 heteroatoms. The lowest BCUT2D eigenvalue weighted by Gasteiger charge is -2.17. The Labute approximate surface area is 203 Å². The molecule has 3 aromatic carbocycles. The number of carbonyl (C=O) groups is 1. The zero-order valence-electron chi connectivity index (χ0n) is 20.1. The number of para-hydroxylation sites is 1. The minimum absolute atomic E-state index is 0.195. The highest BCUT2D eigenvalue weighted by atomic mass is 19.1. The van der Waals surface area contributed by atoms with Gasteiger partial charge in [0, 0.05) is 41.5 Å². The summed E-state index contributed by atoms with van der Waals surface area (Å²) in [4.78, 5) is 16.3. The van der Waals surface area contributed by atoms with Crippen molar-refractivity contribution in [2.45, 2.75) is 13.3 Å². The van der Waals surface area contributed by atoms with E-state index in [0.717, 1.165) is 16.5 Å². The number of benzene rings is 3. The Hall–Kier alpha value is -4.20. The Morgan fingerprint density at radius 3 is 2.40 bits per heavy atom. The van der Waals surface area contributed by atoms with Crippen molar-refractivity contribution in [2.24, 2.45) is 0 Å². The molecule has 35 heavy (non-hydrogen) atoms. The molecule has 0 unspecified atom stereocenters. The van der Waals surface area contributed by atoms with Crippen LogP contribution in [0.1, 0.15) is 21.5 Å². The summed E-state index contributed by atoms with van der Waals surface area (Å²) in [6.45, 7) is 2.05. The van der Waals surface area contributed by atoms with E-state index in [9.17, 15) is 9.18 Å². The van der Waals surface area contributed by atoms with Crippen molar-refractivity contribution in [3.8, 4) is 17.2 Å². The first kappa shape index (κ1) is 23.9. The average Bonchev–Trinajstić information content (AvgIpc) is 3.28. The van der Waals surface area contributed by atoms with Gasteiger partial charge in [0.2, 0.25) is 5.75 Å². The second kappa shape index (κ2) is 10.4. The lowest BCUT2D eigenvalue weighted by molar-refractivity contribution is 0.0954. The number of fused-ring (bicyclic) bond motifs is 1. The van der Waals surface area contributed by atoms with E-state index in [1.807, 2.05) is 30.5 Å². The van der Waals surface area contributed by atoms with E-state index < -0.39 is 5.82 Å². The molecular weight excluding hydrogens is 449 g/mol. The SMILES string of the molecule is COc1cc(Nc2cc(C)c(F)cc2C(=O)NCCc2c[nH]c3ccccc23)cc(OC)c1OC. The van der Waals surface area contributed by atoms with Crippen molar-refractivity contribution in [3.63, 3.8) is 0 Å². The summed E-state index contributed by atoms with van der Waals surface area (Å²) in [7, 11) is 4.57. The fourth-order valence-corrected chi connectivity index (χ4v) is 4.03. The molecule has 0 saturated carbocycles. The predicted molar refractivity (Wildman–Crippen MR) is 135 cm³/mol. The van der Waals surface area contributed by atoms with E-state index in [-0.39, 0.29) is 11.5 Å². The molecule has 7 nitrogen and oxygen atoms in total. The number of ether oxygens (including phenoxy) is 3. The number of amides is 1. The molecule has 182 valence electrons. The van der Waals surface area contributed by atoms with E-state index in [2.05, 4.69) is 15.6 Å². The summed E-state index contributed by atoms with van der Waals surface area (Å²) in [5.41, 5.74) is 3.82. The Balaban J connectivity index is 1.56. The first-order chi connectivity index (χ1) is 16.9. The highest BCUT2D eigenvalue weighted by Gasteiger charge is 2.18. The van der Waals surface area contributed by atoms with Crippen LogP contribution >= 0.6 is 0 Å². The first-order valence-corrected chi connectivity index (χ1v) is 11.2. The summed E-state index contributed by atoms with van der Waals surface area (Å²) in [6.07, 6.45) is 2.58. The molecule has 4 rings (SSSR count). The highest BCUT2D eigenvalue weighted by Crippen LogP contribution is 2.41. The summed E-state index contributed by atoms with van der Waals surface area (Å²) in [5.74, 6) is 0.530. The Morgan fingerprint density at radius 1 is 1.00 bits per heavy atom. The van der Waals surface area contributed by atoms with Gasteiger partial charge in [-0.05, 0) is 42.7 Å². The molecule has 4 aromatic rings. The van der Waals surface area contributed by atoms with Crippen LogP contribution in [-0.4, -0.2) is 38.8 Å². The minimum Gasteiger partial charge on any atom is -0.493 e. The van der Waals surface area contributed by atoms with E-state index in [1.165, 1.54) is 27.4 Å². The summed E-state index contributed by atoms with van der Waals surface area (Å²) < 4.78 is 30.6. The van der Waals surface area contributed by atoms with E-state index >= 15 is 0 Å². The summed E-state index contributed by atoms with van der Waals surface area (Å²) in [5, 5.41) is 7.23. The van der Waals surface area contributed by atoms with Gasteiger partial charge in [-0.25, -0.2) is 4.39 Å². The van der Waals surface area contributed by atoms with Crippen LogP contribution in [0.5, 0.6) is 17.2 Å². The molecule has 1 heterocycles. The number of hydrogen-bond acceptors (Lipinski definition) is 5. The van der Waals surface area contributed by atoms with Gasteiger partial charge in [0.25, 0.3) is 5.91 Å². The van der Waals surface area contributed by atoms with Crippen LogP contribution in [0.25, 0.3) is 10.9 Å². The third-order valence-electron chi connectivity index (χ3n) is 5.84. The molecule has 0 fully saturated rings. The Bertz CT molecular complexity index is 1340. The highest BCUT2D eigenvalue weighted by molar-refractivity contribution is 6.00. The third kappa shape index (κ3) is 5.01. The van der Waals surface area contributed by atoms with Gasteiger partial charge in [0.05, 0.1) is 32.6 Å². The van der Waals surface area contributed by atoms with Crippen molar-refractivity contribution in [3.05, 3.63) is 77.2 Å². The molecule has 0 atom stereocenters. The van der Waals surface area contributed by atoms with Gasteiger partial charge >= 0.3 is 0 Å². The zero-order valence-corrected chi connectivity index (χ0v) is 20.1. The van der Waals surface area contributed by atoms with Crippen LogP contribution in [-0.2, 0) is 6.42 Å². The number of rotatable bonds is 9. The number of methoxy groups -OCH3 is 3. The van der Waals surface area contributed by atoms with Crippen LogP contribution in [0.2, 0.25) is 0 Å². The van der Waals surface area contributed by atoms with Crippen molar-refractivity contribution in [1.82, 2.24) is 10.3 Å². The number of H-pyrrole nitrogens is 1. The predicted octanol–water partition coefficient (Wildman–Crippen LogP) is 5.36. The normalized spacial score (nSPS) is 10.8. The molecule has 1 aromatic heterocycles. The number of aromatic nitrogens is 1. The quantitative estimate of drug-likeness (QED) is 0.302. The number of hydrogen-bond donors (Lipinski definition) is 3. The van der Waals surface area contributed by atoms with Crippen molar-refractivity contribution < 1.29 is 23.4 Å². The largest absolute Gasteiger partial charge is 0.493 e. The second-order valence-corrected chi connectivity index (χ2v) is 8.05. The number of aromatic amines is 1. The maximum atomic E-state index is 14.4. The lowest BCUT2D eigenvalue weighted by atomic mass is 10.1. The van der Waals surface area contributed by atoms with E-state index in [0.29, 0.717) is 47.2 Å². The van der Waals surface area contributed by atoms with Gasteiger partial charge in [-0.2, -0.15) is 0 Å². The van der Waals surface area contributed by atoms with Gasteiger partial charge in [0.1, 0.15) is 5.82 Å². The lowest BCUT2D eigenvalue weighted by Crippen LogP contribution is -2.26. The molecule has 1 amide bonds. The minimum atomic E-state index is -0.456. The number of anilines is 2. The van der Waals surface area contributed by atoms with Crippen LogP contribution in [0.15, 0.2) is 54.7 Å². The summed E-state index contributed by atoms with van der Waals surface area (Å²) >= 11 is 0. The number of carbonyl (C=O) groups excluding carboxylic acids is 1. The van der Waals surface area contributed by atoms with Crippen LogP contribution in [0.3, 0.4) is 0 Å². The van der Waals surface area contributed by atoms with Gasteiger partial charge in [-0.3, -0.25) is 4.79 Å². The molecule has 0 spiro atoms. The average molecular weight is 478 g/mol. The molecule has 0 aliphatic carbocycles. The van der Waals surface area contributed by atoms with Crippen LogP contribution in [0.4, 0.5) is 15.8 Å². The fraction of sp³-hybridized carbons (Fsp3) is 0.222. The van der Waals surface area contributed by atoms with Gasteiger partial charge < -0.3 is 29.8 Å². The first-order valence-electron chi connectivity index (χ1n) is 11.2. The van der Waals surface area contributed by atoms with Crippen molar-refractivity contribution in [1.29, 1.82) is 0 Å². The van der Waals surface area contributed by atoms with Gasteiger partial charge in [-0.15, -0.1) is 0 Å². The van der Waals surface area contributed by atoms with E-state index in [4.69, 9.17) is 14.2 Å². The van der Waals surface area contributed by atoms with Gasteiger partial charge in [0.15, 0.2) is 11.5 Å². The molecule has 0 aliphatic rings. The summed E-state index contributed by atoms with van der Waals surface area (Å²) in [6, 6.07) is 14.3. The Kier molecular flexibility index (Phi) is 7.10. The molecular formula is C27H28FN3O4. The zero-order chi connectivity index (χ0) is 24.9. The van der Waals surface area contributed by atoms with Crippen LogP contribution < -0.4 is 24.8 Å². The maximum Gasteiger partial charge on any atom is 0.253 e. The molecule has 0 aliphatic heterocycles. The number of nitrogens with one attached hydrogen (secondary N) is 3. The molecule has 3 N–H and O–H groups in total. The molecule has 0 saturated heterocycles. The number of aryl methyl sites for hydroxylation is 1. The molecule has 0 bridgehead atoms. The maximum absolute atomic E-state index is 14.4. The smallest absolute Gasteiger partial charge is 0.253 e. The van der Waals surface area contributed by atoms with Crippen molar-refractivity contribution >= 4 is 28.2 Å². The van der Waals surface area contributed by atoms with E-state index in [1.54, 1.807) is 25.1 Å². The second-order valence-electron chi connectivity index (χ2n) is 8.05. The monoisotopic (exact) mass is 477 g/mol. The topological polar surface area (TPSA) is 84.6 Å². The van der Waals surface area contributed by atoms with Crippen LogP contribution in [0, 0.1) is 12.7 Å². The van der Waals surface area contributed by atoms with Crippen molar-refractivity contribution in [2.75, 3.05) is 33.2 Å². The third-order valence-corrected chi connectivity index (χ3v) is 5.84. The fourth-order valence-electron chi connectivity index (χ4n) is 4.03.